The Morgan fingerprint density at radius 1 is 1.07 bits per heavy atom. The fourth-order valence-electron chi connectivity index (χ4n) is 3.77. The highest BCUT2D eigenvalue weighted by Crippen LogP contribution is 2.22. The molecule has 150 valence electrons. The molecule has 1 saturated heterocycles. The monoisotopic (exact) mass is 392 g/mol. The van der Waals surface area contributed by atoms with Crippen LogP contribution in [0.3, 0.4) is 0 Å². The van der Waals surface area contributed by atoms with Gasteiger partial charge in [0.15, 0.2) is 11.2 Å². The quantitative estimate of drug-likeness (QED) is 0.508. The molecule has 1 fully saturated rings. The molecule has 0 bridgehead atoms. The Morgan fingerprint density at radius 2 is 1.93 bits per heavy atom. The zero-order valence-electron chi connectivity index (χ0n) is 16.7. The Labute approximate surface area is 168 Å². The van der Waals surface area contributed by atoms with Crippen LogP contribution in [0.2, 0.25) is 0 Å². The molecule has 29 heavy (non-hydrogen) atoms. The predicted molar refractivity (Wildman–Crippen MR) is 107 cm³/mol. The van der Waals surface area contributed by atoms with Crippen LogP contribution < -0.4 is 0 Å². The van der Waals surface area contributed by atoms with Crippen LogP contribution in [-0.2, 0) is 13.0 Å². The normalized spacial score (nSPS) is 16.1. The standard InChI is InChI=1S/C19H24N10/c1-3-27-13-16(10-21-27)29-19-17(24-25-29)11-20-18(23-19)8-14-9-22-28(12-14)15-4-6-26(2)7-5-15/h9-13,15H,3-8H2,1-2H3. The van der Waals surface area contributed by atoms with E-state index in [1.54, 1.807) is 17.1 Å². The molecule has 0 unspecified atom stereocenters. The molecule has 10 nitrogen and oxygen atoms in total. The minimum atomic E-state index is 0.476. The number of hydrogen-bond donors (Lipinski definition) is 0. The molecule has 0 N–H and O–H groups in total. The van der Waals surface area contributed by atoms with Crippen LogP contribution in [0.25, 0.3) is 16.9 Å². The van der Waals surface area contributed by atoms with E-state index >= 15 is 0 Å². The van der Waals surface area contributed by atoms with Gasteiger partial charge in [-0.2, -0.15) is 14.9 Å². The smallest absolute Gasteiger partial charge is 0.187 e. The number of nitrogens with zero attached hydrogens (tertiary/aromatic N) is 10. The summed E-state index contributed by atoms with van der Waals surface area (Å²) in [6, 6.07) is 0.476. The molecule has 0 aromatic carbocycles. The zero-order valence-corrected chi connectivity index (χ0v) is 16.7. The number of fused-ring (bicyclic) bond motifs is 1. The van der Waals surface area contributed by atoms with Crippen LogP contribution in [0, 0.1) is 0 Å². The summed E-state index contributed by atoms with van der Waals surface area (Å²) in [5, 5.41) is 17.3. The Hall–Kier alpha value is -3.14. The number of aromatic nitrogens is 9. The molecule has 0 spiro atoms. The lowest BCUT2D eigenvalue weighted by molar-refractivity contribution is 0.212. The van der Waals surface area contributed by atoms with Crippen molar-refractivity contribution in [3.05, 3.63) is 42.4 Å². The molecule has 10 heteroatoms. The van der Waals surface area contributed by atoms with Gasteiger partial charge < -0.3 is 4.90 Å². The van der Waals surface area contributed by atoms with Gasteiger partial charge in [0.2, 0.25) is 0 Å². The first-order valence-electron chi connectivity index (χ1n) is 10.0. The molecule has 0 radical (unpaired) electrons. The van der Waals surface area contributed by atoms with E-state index in [9.17, 15) is 0 Å². The van der Waals surface area contributed by atoms with Crippen molar-refractivity contribution in [3.8, 4) is 5.69 Å². The van der Waals surface area contributed by atoms with E-state index < -0.39 is 0 Å². The fraction of sp³-hybridized carbons (Fsp3) is 0.474. The molecule has 5 heterocycles. The Balaban J connectivity index is 1.38. The maximum absolute atomic E-state index is 4.72. The van der Waals surface area contributed by atoms with Gasteiger partial charge in [-0.1, -0.05) is 5.21 Å². The van der Waals surface area contributed by atoms with Crippen LogP contribution in [0.15, 0.2) is 31.0 Å². The number of aryl methyl sites for hydroxylation is 1. The SMILES string of the molecule is CCn1cc(-n2nnc3cnc(Cc4cnn(C5CCN(C)CC5)c4)nc32)cn1. The molecule has 0 amide bonds. The lowest BCUT2D eigenvalue weighted by Gasteiger charge is -2.28. The highest BCUT2D eigenvalue weighted by atomic mass is 15.5. The van der Waals surface area contributed by atoms with E-state index in [1.165, 1.54) is 0 Å². The first kappa shape index (κ1) is 17.9. The molecule has 0 saturated carbocycles. The van der Waals surface area contributed by atoms with Gasteiger partial charge >= 0.3 is 0 Å². The minimum absolute atomic E-state index is 0.476. The summed E-state index contributed by atoms with van der Waals surface area (Å²) in [5.41, 5.74) is 3.31. The van der Waals surface area contributed by atoms with Crippen molar-refractivity contribution in [2.75, 3.05) is 20.1 Å². The molecular weight excluding hydrogens is 368 g/mol. The third kappa shape index (κ3) is 3.51. The molecule has 0 atom stereocenters. The Morgan fingerprint density at radius 3 is 2.72 bits per heavy atom. The summed E-state index contributed by atoms with van der Waals surface area (Å²) in [6.45, 7) is 5.08. The molecule has 1 aliphatic heterocycles. The maximum atomic E-state index is 4.72. The topological polar surface area (TPSA) is 95.4 Å². The second-order valence-corrected chi connectivity index (χ2v) is 7.59. The Bertz CT molecular complexity index is 1120. The third-order valence-corrected chi connectivity index (χ3v) is 5.51. The summed E-state index contributed by atoms with van der Waals surface area (Å²) >= 11 is 0. The summed E-state index contributed by atoms with van der Waals surface area (Å²) in [6.07, 6.45) is 12.4. The van der Waals surface area contributed by atoms with Crippen molar-refractivity contribution < 1.29 is 0 Å². The Kier molecular flexibility index (Phi) is 4.55. The van der Waals surface area contributed by atoms with Crippen LogP contribution in [0.1, 0.15) is 37.2 Å². The average molecular weight is 392 g/mol. The zero-order chi connectivity index (χ0) is 19.8. The van der Waals surface area contributed by atoms with Gasteiger partial charge in [0.1, 0.15) is 11.5 Å². The largest absolute Gasteiger partial charge is 0.306 e. The van der Waals surface area contributed by atoms with Crippen LogP contribution in [-0.4, -0.2) is 69.6 Å². The molecule has 4 aromatic rings. The lowest BCUT2D eigenvalue weighted by Crippen LogP contribution is -2.31. The first-order chi connectivity index (χ1) is 14.2. The third-order valence-electron chi connectivity index (χ3n) is 5.51. The van der Waals surface area contributed by atoms with Gasteiger partial charge in [0.05, 0.1) is 30.8 Å². The van der Waals surface area contributed by atoms with Crippen LogP contribution >= 0.6 is 0 Å². The van der Waals surface area contributed by atoms with Gasteiger partial charge in [0.25, 0.3) is 0 Å². The molecule has 5 rings (SSSR count). The number of piperidine rings is 1. The molecule has 4 aromatic heterocycles. The van der Waals surface area contributed by atoms with E-state index in [2.05, 4.69) is 48.3 Å². The highest BCUT2D eigenvalue weighted by Gasteiger charge is 2.19. The van der Waals surface area contributed by atoms with E-state index in [0.717, 1.165) is 49.6 Å². The number of hydrogen-bond acceptors (Lipinski definition) is 7. The van der Waals surface area contributed by atoms with E-state index in [1.807, 2.05) is 24.0 Å². The van der Waals surface area contributed by atoms with Gasteiger partial charge in [-0.15, -0.1) is 5.10 Å². The van der Waals surface area contributed by atoms with Crippen molar-refractivity contribution in [1.82, 2.24) is 49.4 Å². The molecular formula is C19H24N10. The summed E-state index contributed by atoms with van der Waals surface area (Å²) in [5.74, 6) is 0.729. The van der Waals surface area contributed by atoms with Crippen molar-refractivity contribution in [2.24, 2.45) is 0 Å². The van der Waals surface area contributed by atoms with Crippen molar-refractivity contribution >= 4 is 11.2 Å². The predicted octanol–water partition coefficient (Wildman–Crippen LogP) is 1.48. The molecule has 1 aliphatic rings. The van der Waals surface area contributed by atoms with Crippen molar-refractivity contribution in [1.29, 1.82) is 0 Å². The minimum Gasteiger partial charge on any atom is -0.306 e. The van der Waals surface area contributed by atoms with Gasteiger partial charge in [-0.3, -0.25) is 9.36 Å². The van der Waals surface area contributed by atoms with Crippen molar-refractivity contribution in [2.45, 2.75) is 38.8 Å². The van der Waals surface area contributed by atoms with Gasteiger partial charge in [-0.25, -0.2) is 9.97 Å². The highest BCUT2D eigenvalue weighted by molar-refractivity contribution is 5.70. The van der Waals surface area contributed by atoms with E-state index in [-0.39, 0.29) is 0 Å². The average Bonchev–Trinajstić information content (AvgIpc) is 3.47. The van der Waals surface area contributed by atoms with Crippen LogP contribution in [0.4, 0.5) is 0 Å². The summed E-state index contributed by atoms with van der Waals surface area (Å²) < 4.78 is 5.66. The van der Waals surface area contributed by atoms with E-state index in [4.69, 9.17) is 4.98 Å². The summed E-state index contributed by atoms with van der Waals surface area (Å²) in [7, 11) is 2.17. The lowest BCUT2D eigenvalue weighted by atomic mass is 10.1. The second kappa shape index (κ2) is 7.36. The van der Waals surface area contributed by atoms with E-state index in [0.29, 0.717) is 23.6 Å². The summed E-state index contributed by atoms with van der Waals surface area (Å²) in [4.78, 5) is 11.6. The molecule has 0 aliphatic carbocycles. The van der Waals surface area contributed by atoms with Crippen LogP contribution in [0.5, 0.6) is 0 Å². The fourth-order valence-corrected chi connectivity index (χ4v) is 3.77. The van der Waals surface area contributed by atoms with Gasteiger partial charge in [0, 0.05) is 19.2 Å². The maximum Gasteiger partial charge on any atom is 0.187 e. The van der Waals surface area contributed by atoms with Crippen molar-refractivity contribution in [3.63, 3.8) is 0 Å². The van der Waals surface area contributed by atoms with Gasteiger partial charge in [-0.05, 0) is 45.5 Å². The number of rotatable bonds is 5. The first-order valence-corrected chi connectivity index (χ1v) is 10.0. The number of likely N-dealkylation sites (tertiary alicyclic amines) is 1. The second-order valence-electron chi connectivity index (χ2n) is 7.59.